The van der Waals surface area contributed by atoms with Gasteiger partial charge in [-0.1, -0.05) is 30.3 Å². The van der Waals surface area contributed by atoms with Gasteiger partial charge in [-0.3, -0.25) is 9.59 Å². The number of sulfonamides is 1. The molecule has 0 radical (unpaired) electrons. The van der Waals surface area contributed by atoms with Crippen LogP contribution in [0.25, 0.3) is 0 Å². The van der Waals surface area contributed by atoms with Crippen LogP contribution in [0.15, 0.2) is 83.8 Å². The molecule has 2 amide bonds. The molecule has 0 aromatic heterocycles. The lowest BCUT2D eigenvalue weighted by Gasteiger charge is -2.30. The number of nitrogens with two attached hydrogens (primary N) is 1. The molecule has 1 saturated heterocycles. The summed E-state index contributed by atoms with van der Waals surface area (Å²) >= 11 is 5.69. The van der Waals surface area contributed by atoms with Crippen molar-refractivity contribution < 1.29 is 22.7 Å². The first-order chi connectivity index (χ1) is 18.2. The molecule has 11 heteroatoms. The minimum absolute atomic E-state index is 0.0157. The summed E-state index contributed by atoms with van der Waals surface area (Å²) in [6.45, 7) is 2.70. The second-order valence-electron chi connectivity index (χ2n) is 8.64. The minimum atomic E-state index is -3.80. The highest BCUT2D eigenvalue weighted by molar-refractivity contribution is 7.89. The van der Waals surface area contributed by atoms with Crippen molar-refractivity contribution in [3.63, 3.8) is 0 Å². The molecule has 198 valence electrons. The number of anilines is 2. The smallest absolute Gasteiger partial charge is 0.257 e. The van der Waals surface area contributed by atoms with Gasteiger partial charge in [-0.25, -0.2) is 18.5 Å². The molecule has 0 saturated carbocycles. The van der Waals surface area contributed by atoms with Crippen molar-refractivity contribution in [3.8, 4) is 5.75 Å². The quantitative estimate of drug-likeness (QED) is 0.306. The third-order valence-corrected chi connectivity index (χ3v) is 7.35. The number of hydrogen-bond donors (Lipinski definition) is 2. The average Bonchev–Trinajstić information content (AvgIpc) is 3.18. The van der Waals surface area contributed by atoms with Crippen molar-refractivity contribution in [2.24, 2.45) is 5.14 Å². The average molecular weight is 553 g/mol. The maximum atomic E-state index is 13.6. The van der Waals surface area contributed by atoms with E-state index in [4.69, 9.17) is 22.1 Å². The zero-order chi connectivity index (χ0) is 27.3. The van der Waals surface area contributed by atoms with Gasteiger partial charge in [0, 0.05) is 12.2 Å². The lowest BCUT2D eigenvalue weighted by Crippen LogP contribution is -2.48. The van der Waals surface area contributed by atoms with Gasteiger partial charge in [0.1, 0.15) is 11.8 Å². The highest BCUT2D eigenvalue weighted by Gasteiger charge is 2.43. The standard InChI is InChI=1S/C27H28N4O5S2/c1-2-36-22-12-10-21(11-13-22)31-25(32)18-24(26(31)33)30(27(37)29-20-6-4-3-5-7-20)17-16-19-8-14-23(15-9-19)38(28,34)35/h3-15,24H,2,16-18H2,1H3,(H,29,37)(H2,28,34,35)/t24-/m0/s1. The van der Waals surface area contributed by atoms with E-state index in [9.17, 15) is 18.0 Å². The number of primary sulfonamides is 1. The van der Waals surface area contributed by atoms with E-state index in [-0.39, 0.29) is 23.1 Å². The van der Waals surface area contributed by atoms with Gasteiger partial charge in [-0.2, -0.15) is 0 Å². The van der Waals surface area contributed by atoms with Crippen molar-refractivity contribution in [3.05, 3.63) is 84.4 Å². The number of hydrogen-bond acceptors (Lipinski definition) is 6. The third kappa shape index (κ3) is 6.36. The minimum Gasteiger partial charge on any atom is -0.494 e. The number of nitrogens with zero attached hydrogens (tertiary/aromatic N) is 2. The van der Waals surface area contributed by atoms with E-state index in [1.54, 1.807) is 41.3 Å². The SMILES string of the molecule is CCOc1ccc(N2C(=O)C[C@H](N(CCc3ccc(S(N)(=O)=O)cc3)C(=S)Nc3ccccc3)C2=O)cc1. The Hall–Kier alpha value is -3.80. The number of para-hydroxylation sites is 1. The van der Waals surface area contributed by atoms with Crippen molar-refractivity contribution in [2.75, 3.05) is 23.4 Å². The molecule has 1 atom stereocenters. The Morgan fingerprint density at radius 2 is 1.71 bits per heavy atom. The fourth-order valence-electron chi connectivity index (χ4n) is 4.20. The van der Waals surface area contributed by atoms with Crippen LogP contribution < -0.4 is 20.1 Å². The maximum absolute atomic E-state index is 13.6. The van der Waals surface area contributed by atoms with Gasteiger partial charge in [0.05, 0.1) is 23.6 Å². The van der Waals surface area contributed by atoms with E-state index in [1.807, 2.05) is 37.3 Å². The Morgan fingerprint density at radius 1 is 1.05 bits per heavy atom. The fraction of sp³-hybridized carbons (Fsp3) is 0.222. The lowest BCUT2D eigenvalue weighted by molar-refractivity contribution is -0.122. The maximum Gasteiger partial charge on any atom is 0.257 e. The Kier molecular flexibility index (Phi) is 8.40. The molecule has 0 bridgehead atoms. The summed E-state index contributed by atoms with van der Waals surface area (Å²) in [5.41, 5.74) is 2.04. The second-order valence-corrected chi connectivity index (χ2v) is 10.6. The number of rotatable bonds is 9. The van der Waals surface area contributed by atoms with Crippen LogP contribution in [0, 0.1) is 0 Å². The summed E-state index contributed by atoms with van der Waals surface area (Å²) < 4.78 is 28.6. The summed E-state index contributed by atoms with van der Waals surface area (Å²) in [4.78, 5) is 29.5. The van der Waals surface area contributed by atoms with Crippen molar-refractivity contribution >= 4 is 50.5 Å². The third-order valence-electron chi connectivity index (χ3n) is 6.08. The normalized spacial score (nSPS) is 15.4. The molecule has 3 N–H and O–H groups in total. The number of amides is 2. The number of carbonyl (C=O) groups is 2. The first-order valence-electron chi connectivity index (χ1n) is 12.0. The summed E-state index contributed by atoms with van der Waals surface area (Å²) in [5.74, 6) is -0.0506. The first-order valence-corrected chi connectivity index (χ1v) is 14.0. The van der Waals surface area contributed by atoms with E-state index >= 15 is 0 Å². The van der Waals surface area contributed by atoms with Crippen LogP contribution in [-0.2, 0) is 26.0 Å². The first kappa shape index (κ1) is 27.2. The Morgan fingerprint density at radius 3 is 2.32 bits per heavy atom. The van der Waals surface area contributed by atoms with Gasteiger partial charge in [0.25, 0.3) is 5.91 Å². The topological polar surface area (TPSA) is 122 Å². The number of carbonyl (C=O) groups excluding carboxylic acids is 2. The van der Waals surface area contributed by atoms with Gasteiger partial charge >= 0.3 is 0 Å². The van der Waals surface area contributed by atoms with E-state index in [0.29, 0.717) is 36.1 Å². The van der Waals surface area contributed by atoms with Gasteiger partial charge in [0.2, 0.25) is 15.9 Å². The zero-order valence-corrected chi connectivity index (χ0v) is 22.4. The highest BCUT2D eigenvalue weighted by Crippen LogP contribution is 2.28. The number of ether oxygens (including phenoxy) is 1. The van der Waals surface area contributed by atoms with Gasteiger partial charge in [-0.05, 0) is 79.7 Å². The molecule has 1 fully saturated rings. The molecule has 3 aromatic rings. The Balaban J connectivity index is 1.56. The van der Waals surface area contributed by atoms with Gasteiger partial charge < -0.3 is 15.0 Å². The Bertz CT molecular complexity index is 1410. The summed E-state index contributed by atoms with van der Waals surface area (Å²) in [7, 11) is -3.80. The summed E-state index contributed by atoms with van der Waals surface area (Å²) in [6.07, 6.45) is 0.412. The predicted molar refractivity (Wildman–Crippen MR) is 149 cm³/mol. The zero-order valence-electron chi connectivity index (χ0n) is 20.7. The largest absolute Gasteiger partial charge is 0.494 e. The van der Waals surface area contributed by atoms with Crippen molar-refractivity contribution in [1.29, 1.82) is 0 Å². The molecule has 0 aliphatic carbocycles. The lowest BCUT2D eigenvalue weighted by atomic mass is 10.1. The molecule has 38 heavy (non-hydrogen) atoms. The van der Waals surface area contributed by atoms with Crippen LogP contribution in [0.3, 0.4) is 0 Å². The van der Waals surface area contributed by atoms with Crippen molar-refractivity contribution in [1.82, 2.24) is 4.90 Å². The van der Waals surface area contributed by atoms with Crippen LogP contribution in [-0.4, -0.2) is 49.4 Å². The van der Waals surface area contributed by atoms with E-state index in [2.05, 4.69) is 5.32 Å². The van der Waals surface area contributed by atoms with Gasteiger partial charge in [-0.15, -0.1) is 0 Å². The summed E-state index contributed by atoms with van der Waals surface area (Å²) in [6, 6.07) is 21.5. The van der Waals surface area contributed by atoms with E-state index in [0.717, 1.165) is 11.3 Å². The monoisotopic (exact) mass is 552 g/mol. The highest BCUT2D eigenvalue weighted by atomic mass is 32.2. The molecular weight excluding hydrogens is 524 g/mol. The van der Waals surface area contributed by atoms with Crippen LogP contribution in [0.4, 0.5) is 11.4 Å². The molecule has 0 spiro atoms. The van der Waals surface area contributed by atoms with Gasteiger partial charge in [0.15, 0.2) is 5.11 Å². The molecule has 1 aliphatic rings. The second kappa shape index (κ2) is 11.7. The number of thiocarbonyl (C=S) groups is 1. The van der Waals surface area contributed by atoms with E-state index in [1.165, 1.54) is 17.0 Å². The molecule has 1 aliphatic heterocycles. The van der Waals surface area contributed by atoms with Crippen LogP contribution in [0.2, 0.25) is 0 Å². The molecular formula is C27H28N4O5S2. The molecule has 0 unspecified atom stereocenters. The van der Waals surface area contributed by atoms with Crippen LogP contribution >= 0.6 is 12.2 Å². The van der Waals surface area contributed by atoms with Crippen LogP contribution in [0.1, 0.15) is 18.9 Å². The molecule has 1 heterocycles. The predicted octanol–water partition coefficient (Wildman–Crippen LogP) is 3.31. The molecule has 4 rings (SSSR count). The number of benzene rings is 3. The number of imide groups is 1. The number of nitrogens with one attached hydrogen (secondary N) is 1. The van der Waals surface area contributed by atoms with Crippen LogP contribution in [0.5, 0.6) is 5.75 Å². The summed E-state index contributed by atoms with van der Waals surface area (Å²) in [5, 5.41) is 8.66. The van der Waals surface area contributed by atoms with E-state index < -0.39 is 16.1 Å². The van der Waals surface area contributed by atoms with Crippen molar-refractivity contribution in [2.45, 2.75) is 30.7 Å². The Labute approximate surface area is 227 Å². The molecule has 9 nitrogen and oxygen atoms in total. The molecule has 3 aromatic carbocycles. The fourth-order valence-corrected chi connectivity index (χ4v) is 5.05.